The molecule has 0 spiro atoms. The van der Waals surface area contributed by atoms with E-state index >= 15 is 0 Å². The Labute approximate surface area is 106 Å². The Kier molecular flexibility index (Phi) is 5.26. The summed E-state index contributed by atoms with van der Waals surface area (Å²) in [4.78, 5) is 2.47. The fraction of sp³-hybridized carbons (Fsp3) is 1.00. The Morgan fingerprint density at radius 2 is 1.88 bits per heavy atom. The molecule has 100 valence electrons. The molecule has 1 aliphatic heterocycles. The number of hydrogen-bond acceptors (Lipinski definition) is 3. The van der Waals surface area contributed by atoms with Crippen LogP contribution in [0.4, 0.5) is 0 Å². The van der Waals surface area contributed by atoms with Crippen LogP contribution < -0.4 is 5.73 Å². The molecule has 0 radical (unpaired) electrons. The zero-order valence-electron chi connectivity index (χ0n) is 11.2. The van der Waals surface area contributed by atoms with Gasteiger partial charge in [-0.25, -0.2) is 0 Å². The Hall–Kier alpha value is -0.120. The van der Waals surface area contributed by atoms with Crippen molar-refractivity contribution >= 4 is 0 Å². The second kappa shape index (κ2) is 6.72. The van der Waals surface area contributed by atoms with E-state index in [1.165, 1.54) is 45.1 Å². The molecule has 0 aromatic rings. The summed E-state index contributed by atoms with van der Waals surface area (Å²) in [6.45, 7) is 4.15. The van der Waals surface area contributed by atoms with Gasteiger partial charge in [0.05, 0.1) is 6.10 Å². The zero-order valence-corrected chi connectivity index (χ0v) is 11.2. The van der Waals surface area contributed by atoms with Gasteiger partial charge in [0.25, 0.3) is 0 Å². The molecule has 2 fully saturated rings. The van der Waals surface area contributed by atoms with Crippen molar-refractivity contribution < 1.29 is 4.74 Å². The molecule has 1 saturated carbocycles. The van der Waals surface area contributed by atoms with Crippen LogP contribution in [0, 0.1) is 11.8 Å². The lowest BCUT2D eigenvalue weighted by molar-refractivity contribution is -0.00416. The predicted octanol–water partition coefficient (Wildman–Crippen LogP) is 1.86. The van der Waals surface area contributed by atoms with Crippen molar-refractivity contribution in [1.82, 2.24) is 4.90 Å². The molecule has 2 aliphatic rings. The summed E-state index contributed by atoms with van der Waals surface area (Å²) in [5.74, 6) is 1.60. The lowest BCUT2D eigenvalue weighted by Crippen LogP contribution is -2.37. The average Bonchev–Trinajstić information content (AvgIpc) is 2.77. The molecule has 2 N–H and O–H groups in total. The molecule has 1 aliphatic carbocycles. The van der Waals surface area contributed by atoms with Crippen LogP contribution in [0.2, 0.25) is 0 Å². The summed E-state index contributed by atoms with van der Waals surface area (Å²) in [6, 6.07) is 0. The molecule has 3 heteroatoms. The first-order chi connectivity index (χ1) is 8.29. The molecule has 0 aromatic carbocycles. The minimum atomic E-state index is 0.478. The van der Waals surface area contributed by atoms with Crippen molar-refractivity contribution in [3.8, 4) is 0 Å². The van der Waals surface area contributed by atoms with Gasteiger partial charge in [-0.1, -0.05) is 6.42 Å². The highest BCUT2D eigenvalue weighted by atomic mass is 16.5. The van der Waals surface area contributed by atoms with Gasteiger partial charge < -0.3 is 15.4 Å². The van der Waals surface area contributed by atoms with Gasteiger partial charge in [0, 0.05) is 19.7 Å². The predicted molar refractivity (Wildman–Crippen MR) is 71.0 cm³/mol. The van der Waals surface area contributed by atoms with Crippen molar-refractivity contribution in [3.63, 3.8) is 0 Å². The minimum Gasteiger partial charge on any atom is -0.377 e. The van der Waals surface area contributed by atoms with Gasteiger partial charge in [0.1, 0.15) is 0 Å². The number of ether oxygens (including phenoxy) is 1. The minimum absolute atomic E-state index is 0.478. The highest BCUT2D eigenvalue weighted by molar-refractivity contribution is 4.81. The molecule has 2 rings (SSSR count). The Balaban J connectivity index is 1.70. The van der Waals surface area contributed by atoms with Crippen molar-refractivity contribution in [1.29, 1.82) is 0 Å². The first-order valence-corrected chi connectivity index (χ1v) is 7.30. The van der Waals surface area contributed by atoms with E-state index in [9.17, 15) is 0 Å². The van der Waals surface area contributed by atoms with Crippen LogP contribution in [0.25, 0.3) is 0 Å². The third-order valence-corrected chi connectivity index (χ3v) is 4.45. The molecule has 3 nitrogen and oxygen atoms in total. The molecule has 17 heavy (non-hydrogen) atoms. The first kappa shape index (κ1) is 13.3. The van der Waals surface area contributed by atoms with Crippen molar-refractivity contribution in [3.05, 3.63) is 0 Å². The van der Waals surface area contributed by atoms with Gasteiger partial charge in [0.15, 0.2) is 0 Å². The SMILES string of the molecule is CN(CC1CCCCO1)CC1CCCC1CN. The molecule has 3 atom stereocenters. The van der Waals surface area contributed by atoms with Crippen molar-refractivity contribution in [2.45, 2.75) is 44.6 Å². The molecule has 1 heterocycles. The van der Waals surface area contributed by atoms with Crippen LogP contribution in [-0.2, 0) is 4.74 Å². The van der Waals surface area contributed by atoms with Crippen molar-refractivity contribution in [2.24, 2.45) is 17.6 Å². The molecule has 0 aromatic heterocycles. The number of likely N-dealkylation sites (N-methyl/N-ethyl adjacent to an activating group) is 1. The van der Waals surface area contributed by atoms with Crippen molar-refractivity contribution in [2.75, 3.05) is 33.3 Å². The highest BCUT2D eigenvalue weighted by Crippen LogP contribution is 2.31. The number of nitrogens with zero attached hydrogens (tertiary/aromatic N) is 1. The standard InChI is InChI=1S/C14H28N2O/c1-16(11-14-7-2-3-8-17-14)10-13-6-4-5-12(13)9-15/h12-14H,2-11,15H2,1H3. The van der Waals surface area contributed by atoms with Gasteiger partial charge in [-0.2, -0.15) is 0 Å². The second-order valence-electron chi connectivity index (χ2n) is 5.90. The van der Waals surface area contributed by atoms with Crippen LogP contribution in [0.3, 0.4) is 0 Å². The summed E-state index contributed by atoms with van der Waals surface area (Å²) in [5, 5.41) is 0. The lowest BCUT2D eigenvalue weighted by Gasteiger charge is -2.30. The second-order valence-corrected chi connectivity index (χ2v) is 5.90. The Morgan fingerprint density at radius 3 is 2.59 bits per heavy atom. The molecule has 0 amide bonds. The molecule has 1 saturated heterocycles. The van der Waals surface area contributed by atoms with E-state index in [4.69, 9.17) is 10.5 Å². The Bertz CT molecular complexity index is 216. The normalized spacial score (nSPS) is 34.4. The van der Waals surface area contributed by atoms with E-state index in [2.05, 4.69) is 11.9 Å². The summed E-state index contributed by atoms with van der Waals surface area (Å²) in [5.41, 5.74) is 5.84. The fourth-order valence-corrected chi connectivity index (χ4v) is 3.44. The fourth-order valence-electron chi connectivity index (χ4n) is 3.44. The lowest BCUT2D eigenvalue weighted by atomic mass is 9.95. The smallest absolute Gasteiger partial charge is 0.0701 e. The highest BCUT2D eigenvalue weighted by Gasteiger charge is 2.27. The van der Waals surface area contributed by atoms with Gasteiger partial charge in [0.2, 0.25) is 0 Å². The molecular formula is C14H28N2O. The maximum atomic E-state index is 5.84. The largest absolute Gasteiger partial charge is 0.377 e. The maximum absolute atomic E-state index is 5.84. The van der Waals surface area contributed by atoms with Crippen LogP contribution in [0.5, 0.6) is 0 Å². The molecule has 3 unspecified atom stereocenters. The summed E-state index contributed by atoms with van der Waals surface area (Å²) < 4.78 is 5.80. The summed E-state index contributed by atoms with van der Waals surface area (Å²) >= 11 is 0. The topological polar surface area (TPSA) is 38.5 Å². The van der Waals surface area contributed by atoms with Crippen LogP contribution in [0.1, 0.15) is 38.5 Å². The van der Waals surface area contributed by atoms with E-state index in [0.717, 1.165) is 31.5 Å². The monoisotopic (exact) mass is 240 g/mol. The van der Waals surface area contributed by atoms with E-state index in [1.54, 1.807) is 0 Å². The van der Waals surface area contributed by atoms with E-state index < -0.39 is 0 Å². The van der Waals surface area contributed by atoms with Crippen LogP contribution in [0.15, 0.2) is 0 Å². The summed E-state index contributed by atoms with van der Waals surface area (Å²) in [7, 11) is 2.24. The summed E-state index contributed by atoms with van der Waals surface area (Å²) in [6.07, 6.45) is 8.40. The number of nitrogens with two attached hydrogens (primary N) is 1. The zero-order chi connectivity index (χ0) is 12.1. The van der Waals surface area contributed by atoms with Crippen LogP contribution >= 0.6 is 0 Å². The van der Waals surface area contributed by atoms with Gasteiger partial charge in [-0.3, -0.25) is 0 Å². The van der Waals surface area contributed by atoms with Gasteiger partial charge in [-0.15, -0.1) is 0 Å². The molecular weight excluding hydrogens is 212 g/mol. The van der Waals surface area contributed by atoms with Crippen LogP contribution in [-0.4, -0.2) is 44.3 Å². The van der Waals surface area contributed by atoms with E-state index in [0.29, 0.717) is 6.10 Å². The Morgan fingerprint density at radius 1 is 1.06 bits per heavy atom. The van der Waals surface area contributed by atoms with Gasteiger partial charge in [-0.05, 0) is 57.5 Å². The average molecular weight is 240 g/mol. The third-order valence-electron chi connectivity index (χ3n) is 4.45. The molecule has 0 bridgehead atoms. The first-order valence-electron chi connectivity index (χ1n) is 7.30. The number of rotatable bonds is 5. The van der Waals surface area contributed by atoms with E-state index in [1.807, 2.05) is 0 Å². The van der Waals surface area contributed by atoms with E-state index in [-0.39, 0.29) is 0 Å². The quantitative estimate of drug-likeness (QED) is 0.797. The van der Waals surface area contributed by atoms with Gasteiger partial charge >= 0.3 is 0 Å². The third kappa shape index (κ3) is 3.94. The number of hydrogen-bond donors (Lipinski definition) is 1. The maximum Gasteiger partial charge on any atom is 0.0701 e.